The van der Waals surface area contributed by atoms with Crippen LogP contribution in [0.2, 0.25) is 0 Å². The Bertz CT molecular complexity index is 227. The van der Waals surface area contributed by atoms with Gasteiger partial charge in [0.2, 0.25) is 0 Å². The largest absolute Gasteiger partial charge is 0.390 e. The number of aromatic nitrogens is 3. The smallest absolute Gasteiger partial charge is 0.108 e. The quantitative estimate of drug-likeness (QED) is 0.690. The SMILES string of the molecule is CC(CN)n1cc(CO)nn1.Cl. The van der Waals surface area contributed by atoms with Gasteiger partial charge >= 0.3 is 0 Å². The van der Waals surface area contributed by atoms with E-state index in [2.05, 4.69) is 10.3 Å². The van der Waals surface area contributed by atoms with Crippen molar-refractivity contribution in [3.05, 3.63) is 11.9 Å². The zero-order chi connectivity index (χ0) is 8.27. The number of aliphatic hydroxyl groups excluding tert-OH is 1. The number of hydrogen-bond acceptors (Lipinski definition) is 4. The van der Waals surface area contributed by atoms with Crippen molar-refractivity contribution in [2.45, 2.75) is 19.6 Å². The summed E-state index contributed by atoms with van der Waals surface area (Å²) in [7, 11) is 0. The molecule has 0 aliphatic carbocycles. The third-order valence-corrected chi connectivity index (χ3v) is 1.51. The molecular formula is C6H13ClN4O. The van der Waals surface area contributed by atoms with Gasteiger partial charge in [-0.15, -0.1) is 17.5 Å². The summed E-state index contributed by atoms with van der Waals surface area (Å²) in [6.07, 6.45) is 1.69. The molecule has 0 radical (unpaired) electrons. The highest BCUT2D eigenvalue weighted by Gasteiger charge is 2.04. The minimum absolute atomic E-state index is 0. The molecule has 3 N–H and O–H groups in total. The molecule has 0 aliphatic heterocycles. The van der Waals surface area contributed by atoms with Crippen LogP contribution >= 0.6 is 12.4 Å². The molecule has 1 atom stereocenters. The second-order valence-corrected chi connectivity index (χ2v) is 2.43. The highest BCUT2D eigenvalue weighted by Crippen LogP contribution is 2.01. The molecular weight excluding hydrogens is 180 g/mol. The molecule has 0 aliphatic rings. The van der Waals surface area contributed by atoms with Gasteiger partial charge in [-0.05, 0) is 6.92 Å². The van der Waals surface area contributed by atoms with E-state index in [1.165, 1.54) is 0 Å². The number of hydrogen-bond donors (Lipinski definition) is 2. The number of nitrogens with two attached hydrogens (primary N) is 1. The Balaban J connectivity index is 0.00000121. The second kappa shape index (κ2) is 5.08. The topological polar surface area (TPSA) is 77.0 Å². The highest BCUT2D eigenvalue weighted by atomic mass is 35.5. The first kappa shape index (κ1) is 11.4. The lowest BCUT2D eigenvalue weighted by molar-refractivity contribution is 0.276. The third kappa shape index (κ3) is 2.44. The summed E-state index contributed by atoms with van der Waals surface area (Å²) in [5, 5.41) is 16.2. The van der Waals surface area contributed by atoms with Crippen molar-refractivity contribution in [1.82, 2.24) is 15.0 Å². The Hall–Kier alpha value is -0.650. The summed E-state index contributed by atoms with van der Waals surface area (Å²) in [5.74, 6) is 0. The molecule has 0 saturated carbocycles. The Morgan fingerprint density at radius 2 is 2.42 bits per heavy atom. The summed E-state index contributed by atoms with van der Waals surface area (Å²) < 4.78 is 1.64. The van der Waals surface area contributed by atoms with Crippen molar-refractivity contribution in [2.24, 2.45) is 5.73 Å². The number of nitrogens with zero attached hydrogens (tertiary/aromatic N) is 3. The lowest BCUT2D eigenvalue weighted by Gasteiger charge is -2.05. The molecule has 0 amide bonds. The molecule has 0 spiro atoms. The van der Waals surface area contributed by atoms with E-state index in [1.54, 1.807) is 10.9 Å². The molecule has 0 saturated heterocycles. The Morgan fingerprint density at radius 3 is 2.83 bits per heavy atom. The standard InChI is InChI=1S/C6H12N4O.ClH/c1-5(2-7)10-3-6(4-11)8-9-10;/h3,5,11H,2,4,7H2,1H3;1H. The molecule has 70 valence electrons. The van der Waals surface area contributed by atoms with E-state index >= 15 is 0 Å². The minimum Gasteiger partial charge on any atom is -0.390 e. The van der Waals surface area contributed by atoms with Gasteiger partial charge in [0.05, 0.1) is 18.8 Å². The van der Waals surface area contributed by atoms with E-state index in [0.29, 0.717) is 12.2 Å². The molecule has 1 rings (SSSR count). The number of halogens is 1. The Kier molecular flexibility index (Phi) is 4.80. The third-order valence-electron chi connectivity index (χ3n) is 1.51. The summed E-state index contributed by atoms with van der Waals surface area (Å²) in [5.41, 5.74) is 5.98. The maximum Gasteiger partial charge on any atom is 0.108 e. The number of rotatable bonds is 3. The first-order chi connectivity index (χ1) is 5.27. The van der Waals surface area contributed by atoms with Gasteiger partial charge in [0, 0.05) is 6.54 Å². The van der Waals surface area contributed by atoms with Gasteiger partial charge in [-0.1, -0.05) is 5.21 Å². The van der Waals surface area contributed by atoms with Crippen molar-refractivity contribution in [3.63, 3.8) is 0 Å². The summed E-state index contributed by atoms with van der Waals surface area (Å²) in [6, 6.07) is 0.141. The predicted molar refractivity (Wildman–Crippen MR) is 47.0 cm³/mol. The van der Waals surface area contributed by atoms with Crippen molar-refractivity contribution >= 4 is 12.4 Å². The average Bonchev–Trinajstić information content (AvgIpc) is 2.50. The molecule has 1 heterocycles. The zero-order valence-corrected chi connectivity index (χ0v) is 7.66. The normalized spacial score (nSPS) is 12.2. The lowest BCUT2D eigenvalue weighted by Crippen LogP contribution is -2.16. The van der Waals surface area contributed by atoms with Crippen LogP contribution in [0.1, 0.15) is 18.7 Å². The van der Waals surface area contributed by atoms with Gasteiger partial charge in [0.25, 0.3) is 0 Å². The van der Waals surface area contributed by atoms with Crippen LogP contribution in [0.25, 0.3) is 0 Å². The molecule has 1 aromatic rings. The van der Waals surface area contributed by atoms with Crippen molar-refractivity contribution < 1.29 is 5.11 Å². The van der Waals surface area contributed by atoms with E-state index in [0.717, 1.165) is 0 Å². The second-order valence-electron chi connectivity index (χ2n) is 2.43. The molecule has 6 heteroatoms. The molecule has 1 unspecified atom stereocenters. The molecule has 0 fully saturated rings. The van der Waals surface area contributed by atoms with E-state index < -0.39 is 0 Å². The first-order valence-electron chi connectivity index (χ1n) is 3.49. The molecule has 0 aromatic carbocycles. The fraction of sp³-hybridized carbons (Fsp3) is 0.667. The Labute approximate surface area is 77.0 Å². The summed E-state index contributed by atoms with van der Waals surface area (Å²) in [6.45, 7) is 2.39. The van der Waals surface area contributed by atoms with Crippen molar-refractivity contribution in [2.75, 3.05) is 6.54 Å². The maximum atomic E-state index is 8.66. The van der Waals surface area contributed by atoms with E-state index in [-0.39, 0.29) is 25.1 Å². The monoisotopic (exact) mass is 192 g/mol. The van der Waals surface area contributed by atoms with Crippen LogP contribution < -0.4 is 5.73 Å². The van der Waals surface area contributed by atoms with Crippen LogP contribution in [-0.2, 0) is 6.61 Å². The van der Waals surface area contributed by atoms with Gasteiger partial charge in [0.15, 0.2) is 0 Å². The van der Waals surface area contributed by atoms with Crippen LogP contribution in [0.3, 0.4) is 0 Å². The van der Waals surface area contributed by atoms with Gasteiger partial charge in [0.1, 0.15) is 5.69 Å². The highest BCUT2D eigenvalue weighted by molar-refractivity contribution is 5.85. The predicted octanol–water partition coefficient (Wildman–Crippen LogP) is -0.288. The Morgan fingerprint density at radius 1 is 1.75 bits per heavy atom. The number of aliphatic hydroxyl groups is 1. The van der Waals surface area contributed by atoms with Crippen molar-refractivity contribution in [3.8, 4) is 0 Å². The molecule has 0 bridgehead atoms. The lowest BCUT2D eigenvalue weighted by atomic mass is 10.3. The van der Waals surface area contributed by atoms with E-state index in [9.17, 15) is 0 Å². The van der Waals surface area contributed by atoms with Gasteiger partial charge in [-0.25, -0.2) is 4.68 Å². The van der Waals surface area contributed by atoms with E-state index in [1.807, 2.05) is 6.92 Å². The first-order valence-corrected chi connectivity index (χ1v) is 3.49. The van der Waals surface area contributed by atoms with Crippen LogP contribution in [-0.4, -0.2) is 26.6 Å². The van der Waals surface area contributed by atoms with Gasteiger partial charge in [-0.3, -0.25) is 0 Å². The maximum absolute atomic E-state index is 8.66. The van der Waals surface area contributed by atoms with Crippen molar-refractivity contribution in [1.29, 1.82) is 0 Å². The van der Waals surface area contributed by atoms with Crippen LogP contribution in [0, 0.1) is 0 Å². The summed E-state index contributed by atoms with van der Waals surface area (Å²) >= 11 is 0. The summed E-state index contributed by atoms with van der Waals surface area (Å²) in [4.78, 5) is 0. The van der Waals surface area contributed by atoms with Gasteiger partial charge in [-0.2, -0.15) is 0 Å². The van der Waals surface area contributed by atoms with Gasteiger partial charge < -0.3 is 10.8 Å². The van der Waals surface area contributed by atoms with Crippen LogP contribution in [0.5, 0.6) is 0 Å². The fourth-order valence-corrected chi connectivity index (χ4v) is 0.709. The zero-order valence-electron chi connectivity index (χ0n) is 6.84. The fourth-order valence-electron chi connectivity index (χ4n) is 0.709. The van der Waals surface area contributed by atoms with Crippen LogP contribution in [0.15, 0.2) is 6.20 Å². The van der Waals surface area contributed by atoms with Crippen LogP contribution in [0.4, 0.5) is 0 Å². The molecule has 1 aromatic heterocycles. The average molecular weight is 193 g/mol. The molecule has 12 heavy (non-hydrogen) atoms. The minimum atomic E-state index is -0.0721. The molecule has 5 nitrogen and oxygen atoms in total. The van der Waals surface area contributed by atoms with E-state index in [4.69, 9.17) is 10.8 Å².